The van der Waals surface area contributed by atoms with Gasteiger partial charge in [0.15, 0.2) is 0 Å². The summed E-state index contributed by atoms with van der Waals surface area (Å²) in [6.07, 6.45) is 3.03. The van der Waals surface area contributed by atoms with Crippen LogP contribution in [0.15, 0.2) is 41.5 Å². The first kappa shape index (κ1) is 14.4. The molecule has 108 valence electrons. The summed E-state index contributed by atoms with van der Waals surface area (Å²) in [4.78, 5) is 38.0. The minimum atomic E-state index is -0.429. The van der Waals surface area contributed by atoms with E-state index in [2.05, 4.69) is 25.8 Å². The minimum absolute atomic E-state index is 0.105. The van der Waals surface area contributed by atoms with Gasteiger partial charge in [0.05, 0.1) is 5.56 Å². The van der Waals surface area contributed by atoms with Gasteiger partial charge >= 0.3 is 0 Å². The maximum absolute atomic E-state index is 11.7. The van der Waals surface area contributed by atoms with E-state index in [1.54, 1.807) is 18.3 Å². The highest BCUT2D eigenvalue weighted by molar-refractivity contribution is 5.94. The number of carbonyl (C=O) groups is 2. The van der Waals surface area contributed by atoms with E-state index in [1.807, 2.05) is 0 Å². The second-order valence-electron chi connectivity index (χ2n) is 4.06. The lowest BCUT2D eigenvalue weighted by molar-refractivity contribution is 0.0924. The fraction of sp³-hybridized carbons (Fsp3) is 0.154. The first-order valence-electron chi connectivity index (χ1n) is 6.19. The van der Waals surface area contributed by atoms with Gasteiger partial charge in [0.2, 0.25) is 0 Å². The van der Waals surface area contributed by atoms with Crippen molar-refractivity contribution in [1.29, 1.82) is 0 Å². The Hall–Kier alpha value is -3.03. The van der Waals surface area contributed by atoms with Gasteiger partial charge in [-0.25, -0.2) is 5.10 Å². The zero-order valence-electron chi connectivity index (χ0n) is 11.0. The van der Waals surface area contributed by atoms with Crippen LogP contribution in [0.5, 0.6) is 0 Å². The average Bonchev–Trinajstić information content (AvgIpc) is 2.52. The molecule has 0 fully saturated rings. The van der Waals surface area contributed by atoms with E-state index < -0.39 is 5.91 Å². The van der Waals surface area contributed by atoms with E-state index in [0.29, 0.717) is 5.56 Å². The SMILES string of the molecule is O=C(NCCNC(=O)c1ccc(=O)[nH]n1)c1cccnc1. The van der Waals surface area contributed by atoms with Gasteiger partial charge in [-0.1, -0.05) is 0 Å². The second-order valence-corrected chi connectivity index (χ2v) is 4.06. The van der Waals surface area contributed by atoms with Crippen LogP contribution in [-0.2, 0) is 0 Å². The molecule has 0 aliphatic carbocycles. The predicted molar refractivity (Wildman–Crippen MR) is 73.8 cm³/mol. The summed E-state index contributed by atoms with van der Waals surface area (Å²) in [6, 6.07) is 5.85. The summed E-state index contributed by atoms with van der Waals surface area (Å²) in [7, 11) is 0. The fourth-order valence-electron chi connectivity index (χ4n) is 1.51. The fourth-order valence-corrected chi connectivity index (χ4v) is 1.51. The highest BCUT2D eigenvalue weighted by Gasteiger charge is 2.07. The van der Waals surface area contributed by atoms with Crippen molar-refractivity contribution in [2.75, 3.05) is 13.1 Å². The molecule has 0 bridgehead atoms. The van der Waals surface area contributed by atoms with Crippen LogP contribution in [0.25, 0.3) is 0 Å². The molecule has 8 nitrogen and oxygen atoms in total. The zero-order valence-corrected chi connectivity index (χ0v) is 11.0. The molecule has 3 N–H and O–H groups in total. The number of hydrogen-bond donors (Lipinski definition) is 3. The second kappa shape index (κ2) is 6.94. The van der Waals surface area contributed by atoms with Gasteiger partial charge in [0.1, 0.15) is 5.69 Å². The number of nitrogens with zero attached hydrogens (tertiary/aromatic N) is 2. The number of aromatic nitrogens is 3. The van der Waals surface area contributed by atoms with E-state index in [1.165, 1.54) is 18.3 Å². The summed E-state index contributed by atoms with van der Waals surface area (Å²) < 4.78 is 0. The predicted octanol–water partition coefficient (Wildman–Crippen LogP) is -0.675. The number of hydrogen-bond acceptors (Lipinski definition) is 5. The lowest BCUT2D eigenvalue weighted by Crippen LogP contribution is -2.35. The molecule has 8 heteroatoms. The van der Waals surface area contributed by atoms with Crippen LogP contribution < -0.4 is 16.2 Å². The molecule has 2 rings (SSSR count). The van der Waals surface area contributed by atoms with Crippen LogP contribution in [0.4, 0.5) is 0 Å². The molecular formula is C13H13N5O3. The van der Waals surface area contributed by atoms with Crippen LogP contribution in [0.1, 0.15) is 20.8 Å². The van der Waals surface area contributed by atoms with Crippen LogP contribution in [0.3, 0.4) is 0 Å². The van der Waals surface area contributed by atoms with Gasteiger partial charge in [0, 0.05) is 31.5 Å². The van der Waals surface area contributed by atoms with Gasteiger partial charge in [0.25, 0.3) is 17.4 Å². The Balaban J connectivity index is 1.75. The number of rotatable bonds is 5. The Morgan fingerprint density at radius 2 is 1.86 bits per heavy atom. The van der Waals surface area contributed by atoms with Crippen molar-refractivity contribution < 1.29 is 9.59 Å². The molecule has 0 saturated carbocycles. The maximum atomic E-state index is 11.7. The highest BCUT2D eigenvalue weighted by atomic mass is 16.2. The summed E-state index contributed by atoms with van der Waals surface area (Å²) in [5, 5.41) is 11.0. The summed E-state index contributed by atoms with van der Waals surface area (Å²) >= 11 is 0. The molecule has 0 aromatic carbocycles. The first-order chi connectivity index (χ1) is 10.2. The quantitative estimate of drug-likeness (QED) is 0.630. The lowest BCUT2D eigenvalue weighted by Gasteiger charge is -2.06. The maximum Gasteiger partial charge on any atom is 0.271 e. The van der Waals surface area contributed by atoms with Gasteiger partial charge in [-0.15, -0.1) is 0 Å². The third-order valence-corrected chi connectivity index (χ3v) is 2.53. The van der Waals surface area contributed by atoms with Gasteiger partial charge < -0.3 is 10.6 Å². The zero-order chi connectivity index (χ0) is 15.1. The third-order valence-electron chi connectivity index (χ3n) is 2.53. The van der Waals surface area contributed by atoms with Crippen molar-refractivity contribution in [2.24, 2.45) is 0 Å². The molecule has 0 atom stereocenters. The Morgan fingerprint density at radius 3 is 2.48 bits per heavy atom. The highest BCUT2D eigenvalue weighted by Crippen LogP contribution is 1.94. The standard InChI is InChI=1S/C13H13N5O3/c19-11-4-3-10(17-18-11)13(21)16-7-6-15-12(20)9-2-1-5-14-8-9/h1-5,8H,6-7H2,(H,15,20)(H,16,21)(H,18,19). The van der Waals surface area contributed by atoms with Crippen molar-refractivity contribution >= 4 is 11.8 Å². The average molecular weight is 287 g/mol. The van der Waals surface area contributed by atoms with E-state index in [4.69, 9.17) is 0 Å². The summed E-state index contributed by atoms with van der Waals surface area (Å²) in [6.45, 7) is 0.508. The van der Waals surface area contributed by atoms with Crippen LogP contribution in [0, 0.1) is 0 Å². The number of H-pyrrole nitrogens is 1. The van der Waals surface area contributed by atoms with Crippen LogP contribution >= 0.6 is 0 Å². The molecule has 0 aliphatic rings. The summed E-state index contributed by atoms with van der Waals surface area (Å²) in [5.41, 5.74) is 0.176. The largest absolute Gasteiger partial charge is 0.350 e. The Labute approximate surface area is 119 Å². The number of amides is 2. The normalized spacial score (nSPS) is 9.90. The Bertz CT molecular complexity index is 663. The van der Waals surface area contributed by atoms with Crippen molar-refractivity contribution in [3.8, 4) is 0 Å². The molecule has 2 aromatic rings. The molecule has 0 aliphatic heterocycles. The van der Waals surface area contributed by atoms with Crippen molar-refractivity contribution in [3.05, 3.63) is 58.3 Å². The summed E-state index contributed by atoms with van der Waals surface area (Å²) in [5.74, 6) is -0.693. The van der Waals surface area contributed by atoms with Gasteiger partial charge in [-0.2, -0.15) is 5.10 Å². The molecule has 21 heavy (non-hydrogen) atoms. The molecule has 2 amide bonds. The van der Waals surface area contributed by atoms with E-state index in [0.717, 1.165) is 0 Å². The van der Waals surface area contributed by atoms with E-state index in [9.17, 15) is 14.4 Å². The van der Waals surface area contributed by atoms with E-state index >= 15 is 0 Å². The molecule has 2 aromatic heterocycles. The lowest BCUT2D eigenvalue weighted by atomic mass is 10.3. The molecule has 2 heterocycles. The molecule has 0 radical (unpaired) electrons. The van der Waals surface area contributed by atoms with Gasteiger partial charge in [-0.05, 0) is 18.2 Å². The minimum Gasteiger partial charge on any atom is -0.350 e. The van der Waals surface area contributed by atoms with Gasteiger partial charge in [-0.3, -0.25) is 19.4 Å². The van der Waals surface area contributed by atoms with Crippen LogP contribution in [-0.4, -0.2) is 40.1 Å². The first-order valence-corrected chi connectivity index (χ1v) is 6.19. The Kier molecular flexibility index (Phi) is 4.75. The number of nitrogens with one attached hydrogen (secondary N) is 3. The molecular weight excluding hydrogens is 274 g/mol. The topological polar surface area (TPSA) is 117 Å². The van der Waals surface area contributed by atoms with Crippen LogP contribution in [0.2, 0.25) is 0 Å². The molecule has 0 saturated heterocycles. The van der Waals surface area contributed by atoms with Crippen molar-refractivity contribution in [1.82, 2.24) is 25.8 Å². The number of aromatic amines is 1. The molecule has 0 unspecified atom stereocenters. The Morgan fingerprint density at radius 1 is 1.10 bits per heavy atom. The van der Waals surface area contributed by atoms with Crippen molar-refractivity contribution in [3.63, 3.8) is 0 Å². The third kappa shape index (κ3) is 4.23. The van der Waals surface area contributed by atoms with Crippen molar-refractivity contribution in [2.45, 2.75) is 0 Å². The monoisotopic (exact) mass is 287 g/mol. The molecule has 0 spiro atoms. The smallest absolute Gasteiger partial charge is 0.271 e. The number of carbonyl (C=O) groups excluding carboxylic acids is 2. The number of pyridine rings is 1. The van der Waals surface area contributed by atoms with E-state index in [-0.39, 0.29) is 30.2 Å².